The van der Waals surface area contributed by atoms with Crippen LogP contribution in [0.25, 0.3) is 5.70 Å². The van der Waals surface area contributed by atoms with E-state index in [4.69, 9.17) is 10.5 Å². The topological polar surface area (TPSA) is 93.4 Å². The minimum Gasteiger partial charge on any atom is -0.465 e. The van der Waals surface area contributed by atoms with Gasteiger partial charge in [0, 0.05) is 6.20 Å². The van der Waals surface area contributed by atoms with Crippen LogP contribution in [0.4, 0.5) is 5.95 Å². The molecule has 1 atom stereocenters. The van der Waals surface area contributed by atoms with E-state index < -0.39 is 17.0 Å². The first-order chi connectivity index (χ1) is 19.4. The predicted molar refractivity (Wildman–Crippen MR) is 155 cm³/mol. The van der Waals surface area contributed by atoms with Crippen LogP contribution in [0.1, 0.15) is 48.7 Å². The number of benzene rings is 3. The molecule has 202 valence electrons. The van der Waals surface area contributed by atoms with Gasteiger partial charge in [-0.05, 0) is 46.6 Å². The van der Waals surface area contributed by atoms with Gasteiger partial charge in [-0.2, -0.15) is 5.01 Å². The van der Waals surface area contributed by atoms with Gasteiger partial charge in [-0.1, -0.05) is 105 Å². The minimum absolute atomic E-state index is 0.193. The van der Waals surface area contributed by atoms with Crippen molar-refractivity contribution < 1.29 is 9.53 Å². The molecular weight excluding hydrogens is 498 g/mol. The van der Waals surface area contributed by atoms with E-state index in [2.05, 4.69) is 70.6 Å². The Hall–Kier alpha value is -4.49. The normalized spacial score (nSPS) is 18.0. The van der Waals surface area contributed by atoms with Gasteiger partial charge in [-0.15, -0.1) is 0 Å². The van der Waals surface area contributed by atoms with Crippen molar-refractivity contribution in [3.05, 3.63) is 131 Å². The number of carbonyl (C=O) groups is 1. The van der Waals surface area contributed by atoms with Gasteiger partial charge in [0.1, 0.15) is 5.54 Å². The van der Waals surface area contributed by atoms with E-state index in [0.29, 0.717) is 6.42 Å². The zero-order valence-corrected chi connectivity index (χ0v) is 23.0. The van der Waals surface area contributed by atoms with Crippen molar-refractivity contribution in [3.63, 3.8) is 0 Å². The molecule has 2 heterocycles. The van der Waals surface area contributed by atoms with E-state index >= 15 is 0 Å². The molecule has 3 aromatic carbocycles. The molecule has 6 rings (SSSR count). The number of aromatic nitrogens is 2. The lowest BCUT2D eigenvalue weighted by molar-refractivity contribution is -0.150. The summed E-state index contributed by atoms with van der Waals surface area (Å²) in [6.45, 7) is 6.43. The molecule has 40 heavy (non-hydrogen) atoms. The number of ether oxygens (including phenoxy) is 1. The number of fused-ring (bicyclic) bond motifs is 2. The third-order valence-electron chi connectivity index (χ3n) is 7.96. The first kappa shape index (κ1) is 25.8. The second-order valence-corrected chi connectivity index (χ2v) is 10.9. The molecule has 1 aliphatic heterocycles. The number of nitrogens with two attached hydrogens (primary N) is 1. The molecule has 1 aromatic heterocycles. The number of esters is 1. The van der Waals surface area contributed by atoms with Crippen LogP contribution in [-0.4, -0.2) is 33.6 Å². The number of hydrogen-bond donors (Lipinski definition) is 2. The van der Waals surface area contributed by atoms with Crippen LogP contribution < -0.4 is 11.2 Å². The highest BCUT2D eigenvalue weighted by molar-refractivity contribution is 5.88. The summed E-state index contributed by atoms with van der Waals surface area (Å²) in [4.78, 5) is 23.1. The number of hydrazine groups is 1. The number of nitrogens with zero attached hydrogens (tertiary/aromatic N) is 3. The van der Waals surface area contributed by atoms with Crippen molar-refractivity contribution in [3.8, 4) is 0 Å². The van der Waals surface area contributed by atoms with Crippen LogP contribution in [0.5, 0.6) is 0 Å². The lowest BCUT2D eigenvalue weighted by atomic mass is 9.70. The third-order valence-corrected chi connectivity index (χ3v) is 7.96. The Morgan fingerprint density at radius 3 is 2.00 bits per heavy atom. The molecule has 0 amide bonds. The Balaban J connectivity index is 1.69. The van der Waals surface area contributed by atoms with Gasteiger partial charge in [0.2, 0.25) is 5.95 Å². The first-order valence-electron chi connectivity index (χ1n) is 13.6. The SMILES string of the molecule is CCOC(=O)C1C2=C(NN1C(c1ccccc1)(c1ccccc1)c1ccccc1)c1nc(N)ncc1CC2(C)C. The molecule has 1 aliphatic carbocycles. The van der Waals surface area contributed by atoms with Gasteiger partial charge in [-0.25, -0.2) is 14.8 Å². The summed E-state index contributed by atoms with van der Waals surface area (Å²) in [5.74, 6) is -0.121. The molecule has 0 spiro atoms. The van der Waals surface area contributed by atoms with Crippen molar-refractivity contribution in [2.75, 3.05) is 12.3 Å². The average molecular weight is 532 g/mol. The van der Waals surface area contributed by atoms with Gasteiger partial charge < -0.3 is 15.9 Å². The quantitative estimate of drug-likeness (QED) is 0.264. The number of nitrogens with one attached hydrogen (secondary N) is 1. The lowest BCUT2D eigenvalue weighted by Crippen LogP contribution is -2.58. The molecule has 0 fully saturated rings. The third kappa shape index (κ3) is 3.97. The summed E-state index contributed by atoms with van der Waals surface area (Å²) in [5.41, 5.74) is 15.0. The van der Waals surface area contributed by atoms with E-state index in [1.165, 1.54) is 0 Å². The van der Waals surface area contributed by atoms with E-state index in [1.54, 1.807) is 6.20 Å². The molecule has 4 aromatic rings. The predicted octanol–water partition coefficient (Wildman–Crippen LogP) is 5.10. The molecule has 0 saturated carbocycles. The fourth-order valence-corrected chi connectivity index (χ4v) is 6.41. The summed E-state index contributed by atoms with van der Waals surface area (Å²) < 4.78 is 5.80. The highest BCUT2D eigenvalue weighted by Gasteiger charge is 2.56. The van der Waals surface area contributed by atoms with Crippen LogP contribution >= 0.6 is 0 Å². The molecule has 0 radical (unpaired) electrons. The van der Waals surface area contributed by atoms with Gasteiger partial charge in [0.25, 0.3) is 0 Å². The fourth-order valence-electron chi connectivity index (χ4n) is 6.41. The summed E-state index contributed by atoms with van der Waals surface area (Å²) in [7, 11) is 0. The maximum Gasteiger partial charge on any atom is 0.329 e. The summed E-state index contributed by atoms with van der Waals surface area (Å²) >= 11 is 0. The van der Waals surface area contributed by atoms with Gasteiger partial charge in [0.05, 0.1) is 18.0 Å². The van der Waals surface area contributed by atoms with Crippen LogP contribution in [0.3, 0.4) is 0 Å². The molecular formula is C33H33N5O2. The van der Waals surface area contributed by atoms with E-state index in [9.17, 15) is 4.79 Å². The Kier molecular flexibility index (Phi) is 6.39. The smallest absolute Gasteiger partial charge is 0.329 e. The standard InChI is InChI=1S/C33H33N5O2/c1-4-40-30(39)29-26-28(27-22(20-32(26,2)3)21-35-31(34)36-27)37-38(29)33(23-14-8-5-9-15-23,24-16-10-6-11-17-24)25-18-12-7-13-19-25/h5-19,21,29,37H,4,20H2,1-3H3,(H2,34,35,36). The fraction of sp³-hybridized carbons (Fsp3) is 0.242. The zero-order valence-electron chi connectivity index (χ0n) is 23.0. The molecule has 0 bridgehead atoms. The highest BCUT2D eigenvalue weighted by Crippen LogP contribution is 2.52. The largest absolute Gasteiger partial charge is 0.465 e. The average Bonchev–Trinajstić information content (AvgIpc) is 3.39. The van der Waals surface area contributed by atoms with E-state index in [0.717, 1.165) is 39.2 Å². The lowest BCUT2D eigenvalue weighted by Gasteiger charge is -2.46. The molecule has 0 saturated heterocycles. The summed E-state index contributed by atoms with van der Waals surface area (Å²) in [6.07, 6.45) is 2.47. The Bertz CT molecular complexity index is 1470. The van der Waals surface area contributed by atoms with E-state index in [1.807, 2.05) is 61.5 Å². The monoisotopic (exact) mass is 531 g/mol. The number of anilines is 1. The van der Waals surface area contributed by atoms with Crippen molar-refractivity contribution in [2.45, 2.75) is 38.8 Å². The highest BCUT2D eigenvalue weighted by atomic mass is 16.5. The molecule has 7 heteroatoms. The number of rotatable bonds is 6. The Morgan fingerprint density at radius 1 is 0.975 bits per heavy atom. The van der Waals surface area contributed by atoms with Gasteiger partial charge in [-0.3, -0.25) is 0 Å². The number of carbonyl (C=O) groups excluding carboxylic acids is 1. The molecule has 3 N–H and O–H groups in total. The molecule has 7 nitrogen and oxygen atoms in total. The first-order valence-corrected chi connectivity index (χ1v) is 13.6. The van der Waals surface area contributed by atoms with Crippen LogP contribution in [0.15, 0.2) is 103 Å². The molecule has 1 unspecified atom stereocenters. The second kappa shape index (κ2) is 9.92. The summed E-state index contributed by atoms with van der Waals surface area (Å²) in [5, 5.41) is 2.07. The van der Waals surface area contributed by atoms with Crippen molar-refractivity contribution in [1.82, 2.24) is 20.4 Å². The maximum absolute atomic E-state index is 14.1. The van der Waals surface area contributed by atoms with Crippen molar-refractivity contribution in [2.24, 2.45) is 5.41 Å². The number of nitrogen functional groups attached to an aromatic ring is 1. The van der Waals surface area contributed by atoms with Crippen molar-refractivity contribution in [1.29, 1.82) is 0 Å². The van der Waals surface area contributed by atoms with E-state index in [-0.39, 0.29) is 18.5 Å². The second-order valence-electron chi connectivity index (χ2n) is 10.9. The Labute approximate surface area is 234 Å². The van der Waals surface area contributed by atoms with Crippen LogP contribution in [0, 0.1) is 5.41 Å². The number of hydrogen-bond acceptors (Lipinski definition) is 7. The minimum atomic E-state index is -0.909. The van der Waals surface area contributed by atoms with Crippen LogP contribution in [-0.2, 0) is 21.5 Å². The Morgan fingerprint density at radius 2 is 1.50 bits per heavy atom. The zero-order chi connectivity index (χ0) is 27.9. The summed E-state index contributed by atoms with van der Waals surface area (Å²) in [6, 6.07) is 30.2. The maximum atomic E-state index is 14.1. The van der Waals surface area contributed by atoms with Gasteiger partial charge in [0.15, 0.2) is 6.04 Å². The molecule has 2 aliphatic rings. The van der Waals surface area contributed by atoms with Crippen molar-refractivity contribution >= 4 is 17.6 Å². The van der Waals surface area contributed by atoms with Gasteiger partial charge >= 0.3 is 5.97 Å². The van der Waals surface area contributed by atoms with Crippen LogP contribution in [0.2, 0.25) is 0 Å².